The van der Waals surface area contributed by atoms with E-state index in [-0.39, 0.29) is 22.6 Å². The molecule has 0 spiro atoms. The molecule has 0 bridgehead atoms. The van der Waals surface area contributed by atoms with E-state index in [0.29, 0.717) is 14.5 Å². The van der Waals surface area contributed by atoms with Gasteiger partial charge in [0.1, 0.15) is 5.75 Å². The number of carbonyl (C=O) groups is 4. The van der Waals surface area contributed by atoms with Crippen molar-refractivity contribution in [2.24, 2.45) is 13.0 Å². The lowest BCUT2D eigenvalue weighted by molar-refractivity contribution is -0.361. The largest absolute Gasteiger partial charge is 0.460 e. The zero-order valence-corrected chi connectivity index (χ0v) is 20.7. The van der Waals surface area contributed by atoms with Crippen LogP contribution in [0.2, 0.25) is 0 Å². The lowest BCUT2D eigenvalue weighted by Gasteiger charge is -2.32. The Morgan fingerprint density at radius 3 is 1.87 bits per heavy atom. The van der Waals surface area contributed by atoms with E-state index in [1.54, 1.807) is 0 Å². The molecule has 1 N–H and O–H groups in total. The molecule has 3 rings (SSSR count). The highest BCUT2D eigenvalue weighted by Gasteiger charge is 2.75. The summed E-state index contributed by atoms with van der Waals surface area (Å²) < 4.78 is 97.8. The first-order chi connectivity index (χ1) is 17.7. The van der Waals surface area contributed by atoms with E-state index >= 15 is 0 Å². The molecule has 0 atom stereocenters. The molecule has 1 aliphatic rings. The number of imide groups is 2. The molecule has 0 radical (unpaired) electrons. The quantitative estimate of drug-likeness (QED) is 0.419. The molecule has 0 aliphatic carbocycles. The summed E-state index contributed by atoms with van der Waals surface area (Å²) in [7, 11) is 3.10. The third kappa shape index (κ3) is 4.85. The Morgan fingerprint density at radius 1 is 0.923 bits per heavy atom. The zero-order valence-electron chi connectivity index (χ0n) is 20.7. The van der Waals surface area contributed by atoms with Gasteiger partial charge in [-0.2, -0.15) is 35.7 Å². The predicted octanol–water partition coefficient (Wildman–Crippen LogP) is 3.12. The molecule has 1 fully saturated rings. The zero-order chi connectivity index (χ0) is 29.8. The van der Waals surface area contributed by atoms with Crippen molar-refractivity contribution in [3.63, 3.8) is 0 Å². The van der Waals surface area contributed by atoms with E-state index in [4.69, 9.17) is 4.74 Å². The van der Waals surface area contributed by atoms with E-state index in [0.717, 1.165) is 21.1 Å². The number of barbiturate groups is 1. The number of nitrogens with one attached hydrogen (secondary N) is 1. The number of hydrogen-bond donors (Lipinski definition) is 1. The first kappa shape index (κ1) is 29.3. The Labute approximate surface area is 214 Å². The number of urea groups is 1. The minimum absolute atomic E-state index is 0.102. The first-order valence-corrected chi connectivity index (χ1v) is 10.6. The van der Waals surface area contributed by atoms with Gasteiger partial charge in [-0.1, -0.05) is 0 Å². The maximum atomic E-state index is 14.0. The van der Waals surface area contributed by atoms with Crippen LogP contribution in [0.3, 0.4) is 0 Å². The van der Waals surface area contributed by atoms with Gasteiger partial charge in [0.25, 0.3) is 11.8 Å². The smallest absolute Gasteiger partial charge is 0.424 e. The average Bonchev–Trinajstić information content (AvgIpc) is 3.18. The summed E-state index contributed by atoms with van der Waals surface area (Å²) in [5, 5.41) is 5.34. The molecule has 18 heteroatoms. The van der Waals surface area contributed by atoms with Gasteiger partial charge in [0, 0.05) is 26.8 Å². The molecule has 1 aromatic carbocycles. The number of alkyl halides is 7. The number of anilines is 1. The lowest BCUT2D eigenvalue weighted by Crippen LogP contribution is -2.59. The molecule has 5 amide bonds. The maximum absolute atomic E-state index is 14.0. The van der Waals surface area contributed by atoms with Crippen molar-refractivity contribution in [2.45, 2.75) is 31.9 Å². The van der Waals surface area contributed by atoms with Crippen LogP contribution in [-0.4, -0.2) is 74.5 Å². The number of hydrogen-bond acceptors (Lipinski definition) is 7. The van der Waals surface area contributed by atoms with Crippen molar-refractivity contribution in [3.05, 3.63) is 29.1 Å². The van der Waals surface area contributed by atoms with Crippen molar-refractivity contribution in [3.8, 4) is 11.8 Å². The van der Waals surface area contributed by atoms with Crippen LogP contribution in [0.15, 0.2) is 12.1 Å². The topological polar surface area (TPSA) is 127 Å². The number of benzene rings is 1. The lowest BCUT2D eigenvalue weighted by atomic mass is 10.0. The van der Waals surface area contributed by atoms with Gasteiger partial charge in [-0.3, -0.25) is 24.2 Å². The molecule has 1 aliphatic heterocycles. The number of aromatic nitrogens is 3. The Balaban J connectivity index is 1.86. The number of halogens is 7. The van der Waals surface area contributed by atoms with Crippen molar-refractivity contribution >= 4 is 29.4 Å². The van der Waals surface area contributed by atoms with E-state index in [2.05, 4.69) is 15.4 Å². The fourth-order valence-corrected chi connectivity index (χ4v) is 3.52. The monoisotopic (exact) mass is 568 g/mol. The molecule has 212 valence electrons. The second kappa shape index (κ2) is 9.49. The highest BCUT2D eigenvalue weighted by Crippen LogP contribution is 2.51. The fraction of sp³-hybridized carbons (Fsp3) is 0.429. The molecule has 11 nitrogen and oxygen atoms in total. The minimum atomic E-state index is -6.58. The Bertz CT molecular complexity index is 1330. The molecule has 1 aromatic heterocycles. The Morgan fingerprint density at radius 2 is 1.41 bits per heavy atom. The Kier molecular flexibility index (Phi) is 7.13. The van der Waals surface area contributed by atoms with Gasteiger partial charge < -0.3 is 10.1 Å². The van der Waals surface area contributed by atoms with Crippen LogP contribution in [-0.2, 0) is 27.4 Å². The number of carbonyl (C=O) groups excluding carboxylic acids is 4. The highest BCUT2D eigenvalue weighted by atomic mass is 19.4. The van der Waals surface area contributed by atoms with Gasteiger partial charge >= 0.3 is 30.1 Å². The summed E-state index contributed by atoms with van der Waals surface area (Å²) in [4.78, 5) is 53.6. The van der Waals surface area contributed by atoms with Crippen LogP contribution >= 0.6 is 0 Å². The van der Waals surface area contributed by atoms with Crippen LogP contribution in [0.1, 0.15) is 17.0 Å². The van der Waals surface area contributed by atoms with Crippen LogP contribution in [0.4, 0.5) is 41.2 Å². The van der Waals surface area contributed by atoms with Gasteiger partial charge in [0.15, 0.2) is 5.92 Å². The normalized spacial score (nSPS) is 15.7. The van der Waals surface area contributed by atoms with Crippen molar-refractivity contribution in [1.82, 2.24) is 24.6 Å². The van der Waals surface area contributed by atoms with Crippen LogP contribution in [0, 0.1) is 19.8 Å². The minimum Gasteiger partial charge on any atom is -0.424 e. The van der Waals surface area contributed by atoms with Crippen LogP contribution < -0.4 is 10.1 Å². The van der Waals surface area contributed by atoms with Crippen molar-refractivity contribution in [2.75, 3.05) is 19.4 Å². The third-order valence-corrected chi connectivity index (χ3v) is 5.71. The van der Waals surface area contributed by atoms with Crippen LogP contribution in [0.25, 0.3) is 0 Å². The second-order valence-corrected chi connectivity index (χ2v) is 8.52. The van der Waals surface area contributed by atoms with Gasteiger partial charge in [0.2, 0.25) is 11.7 Å². The third-order valence-electron chi connectivity index (χ3n) is 5.71. The van der Waals surface area contributed by atoms with Gasteiger partial charge in [-0.05, 0) is 37.1 Å². The molecule has 0 unspecified atom stereocenters. The molecular formula is C21H19F7N6O5. The molecule has 39 heavy (non-hydrogen) atoms. The number of ether oxygens (including phenoxy) is 1. The summed E-state index contributed by atoms with van der Waals surface area (Å²) in [6.07, 6.45) is -6.58. The van der Waals surface area contributed by atoms with E-state index in [1.807, 2.05) is 0 Å². The summed E-state index contributed by atoms with van der Waals surface area (Å²) in [6.45, 7) is 2.86. The summed E-state index contributed by atoms with van der Waals surface area (Å²) in [6, 6.07) is 0.652. The summed E-state index contributed by atoms with van der Waals surface area (Å²) in [5.41, 5.74) is 0.580. The SMILES string of the molecule is Cc1cc(Oc2nc(C(F)(F)C(F)(F)C(F)(F)F)nn2C)cc(C)c1NC(=O)C1C(=O)N(C)C(=O)N(C)C1=O. The summed E-state index contributed by atoms with van der Waals surface area (Å²) in [5.74, 6) is -19.6. The molecule has 2 heterocycles. The predicted molar refractivity (Wildman–Crippen MR) is 115 cm³/mol. The summed E-state index contributed by atoms with van der Waals surface area (Å²) >= 11 is 0. The van der Waals surface area contributed by atoms with E-state index < -0.39 is 59.5 Å². The molecule has 0 saturated carbocycles. The van der Waals surface area contributed by atoms with Crippen LogP contribution in [0.5, 0.6) is 11.8 Å². The number of rotatable bonds is 6. The van der Waals surface area contributed by atoms with Gasteiger partial charge in [0.05, 0.1) is 0 Å². The second-order valence-electron chi connectivity index (χ2n) is 8.52. The fourth-order valence-electron chi connectivity index (χ4n) is 3.52. The first-order valence-electron chi connectivity index (χ1n) is 10.6. The van der Waals surface area contributed by atoms with Crippen molar-refractivity contribution < 1.29 is 54.6 Å². The highest BCUT2D eigenvalue weighted by molar-refractivity contribution is 6.28. The van der Waals surface area contributed by atoms with Crippen molar-refractivity contribution in [1.29, 1.82) is 0 Å². The Hall–Kier alpha value is -4.25. The molecular weight excluding hydrogens is 549 g/mol. The number of aryl methyl sites for hydroxylation is 3. The van der Waals surface area contributed by atoms with Gasteiger partial charge in [-0.25, -0.2) is 9.48 Å². The van der Waals surface area contributed by atoms with E-state index in [9.17, 15) is 49.9 Å². The molecule has 1 saturated heterocycles. The van der Waals surface area contributed by atoms with E-state index in [1.165, 1.54) is 26.0 Å². The maximum Gasteiger partial charge on any atom is 0.460 e. The van der Waals surface area contributed by atoms with Gasteiger partial charge in [-0.15, -0.1) is 5.10 Å². The number of nitrogens with zero attached hydrogens (tertiary/aromatic N) is 5. The molecule has 2 aromatic rings. The standard InChI is InChI=1S/C21H19F7N6O5/c1-8-6-10(39-17-30-16(31-34(17)5)19(22,23)20(24,25)21(26,27)28)7-9(2)12(8)29-13(35)11-14(36)32(3)18(38)33(4)15(11)37/h6-7,11H,1-5H3,(H,29,35). The average molecular weight is 568 g/mol. The number of amides is 5.